The minimum Gasteiger partial charge on any atom is -0.354 e. The zero-order chi connectivity index (χ0) is 18.1. The van der Waals surface area contributed by atoms with E-state index in [-0.39, 0.29) is 5.91 Å². The van der Waals surface area contributed by atoms with Crippen LogP contribution in [0.25, 0.3) is 0 Å². The lowest BCUT2D eigenvalue weighted by atomic mass is 10.2. The molecule has 2 aromatic rings. The molecule has 0 fully saturated rings. The summed E-state index contributed by atoms with van der Waals surface area (Å²) >= 11 is 6.02. The van der Waals surface area contributed by atoms with Crippen LogP contribution in [0.15, 0.2) is 59.6 Å². The highest BCUT2D eigenvalue weighted by Crippen LogP contribution is 2.14. The number of carbonyl (C=O) groups excluding carboxylic acids is 1. The lowest BCUT2D eigenvalue weighted by molar-refractivity contribution is 0.0954. The number of nitrogens with one attached hydrogen (secondary N) is 2. The van der Waals surface area contributed by atoms with E-state index in [1.54, 1.807) is 31.3 Å². The second-order valence-electron chi connectivity index (χ2n) is 5.55. The minimum absolute atomic E-state index is 0.181. The van der Waals surface area contributed by atoms with Gasteiger partial charge in [0, 0.05) is 33.7 Å². The van der Waals surface area contributed by atoms with Gasteiger partial charge >= 0.3 is 0 Å². The Hall–Kier alpha value is -2.53. The molecule has 0 spiro atoms. The summed E-state index contributed by atoms with van der Waals surface area (Å²) in [5.41, 5.74) is 1.69. The first-order valence-electron chi connectivity index (χ1n) is 8.10. The number of hydrogen-bond donors (Lipinski definition) is 2. The second kappa shape index (κ2) is 9.69. The van der Waals surface area contributed by atoms with Crippen molar-refractivity contribution in [2.75, 3.05) is 27.2 Å². The van der Waals surface area contributed by atoms with Gasteiger partial charge in [-0.3, -0.25) is 9.79 Å². The molecule has 0 radical (unpaired) electrons. The second-order valence-corrected chi connectivity index (χ2v) is 5.96. The molecule has 5 nitrogen and oxygen atoms in total. The Morgan fingerprint density at radius 1 is 1.04 bits per heavy atom. The molecule has 0 atom stereocenters. The third kappa shape index (κ3) is 5.80. The van der Waals surface area contributed by atoms with Crippen molar-refractivity contribution < 1.29 is 4.79 Å². The quantitative estimate of drug-likeness (QED) is 0.474. The zero-order valence-corrected chi connectivity index (χ0v) is 15.3. The number of hydrogen-bond acceptors (Lipinski definition) is 2. The predicted octanol–water partition coefficient (Wildman–Crippen LogP) is 2.78. The Bertz CT molecular complexity index is 718. The molecule has 0 saturated carbocycles. The topological polar surface area (TPSA) is 56.7 Å². The summed E-state index contributed by atoms with van der Waals surface area (Å²) in [6, 6.07) is 17.2. The van der Waals surface area contributed by atoms with Crippen molar-refractivity contribution >= 4 is 23.5 Å². The number of carbonyl (C=O) groups is 1. The molecular formula is C19H23ClN4O. The summed E-state index contributed by atoms with van der Waals surface area (Å²) in [7, 11) is 3.72. The Morgan fingerprint density at radius 2 is 1.68 bits per heavy atom. The SMILES string of the molecule is CN=C(NCCNC(=O)c1ccccc1Cl)N(C)Cc1ccccc1. The third-order valence-electron chi connectivity index (χ3n) is 3.65. The highest BCUT2D eigenvalue weighted by atomic mass is 35.5. The number of halogens is 1. The molecule has 2 N–H and O–H groups in total. The van der Waals surface area contributed by atoms with E-state index in [0.717, 1.165) is 12.5 Å². The Kier molecular flexibility index (Phi) is 7.29. The normalized spacial score (nSPS) is 11.1. The van der Waals surface area contributed by atoms with Crippen LogP contribution in [-0.2, 0) is 6.54 Å². The first-order valence-corrected chi connectivity index (χ1v) is 8.48. The maximum atomic E-state index is 12.1. The van der Waals surface area contributed by atoms with Gasteiger partial charge in [-0.05, 0) is 17.7 Å². The number of nitrogens with zero attached hydrogens (tertiary/aromatic N) is 2. The molecule has 0 aliphatic heterocycles. The van der Waals surface area contributed by atoms with E-state index >= 15 is 0 Å². The van der Waals surface area contributed by atoms with Crippen molar-refractivity contribution in [1.29, 1.82) is 0 Å². The van der Waals surface area contributed by atoms with Gasteiger partial charge in [0.25, 0.3) is 5.91 Å². The van der Waals surface area contributed by atoms with Crippen LogP contribution < -0.4 is 10.6 Å². The average Bonchev–Trinajstić information content (AvgIpc) is 2.62. The largest absolute Gasteiger partial charge is 0.354 e. The molecule has 0 unspecified atom stereocenters. The molecule has 2 aromatic carbocycles. The van der Waals surface area contributed by atoms with Crippen molar-refractivity contribution in [2.24, 2.45) is 4.99 Å². The van der Waals surface area contributed by atoms with Gasteiger partial charge in [0.05, 0.1) is 10.6 Å². The van der Waals surface area contributed by atoms with Crippen molar-refractivity contribution in [2.45, 2.75) is 6.54 Å². The van der Waals surface area contributed by atoms with Gasteiger partial charge in [0.1, 0.15) is 0 Å². The van der Waals surface area contributed by atoms with E-state index in [2.05, 4.69) is 27.8 Å². The van der Waals surface area contributed by atoms with Crippen LogP contribution in [0, 0.1) is 0 Å². The molecule has 0 aromatic heterocycles. The smallest absolute Gasteiger partial charge is 0.252 e. The lowest BCUT2D eigenvalue weighted by Gasteiger charge is -2.22. The van der Waals surface area contributed by atoms with Crippen molar-refractivity contribution in [3.05, 3.63) is 70.7 Å². The maximum Gasteiger partial charge on any atom is 0.252 e. The fourth-order valence-electron chi connectivity index (χ4n) is 2.41. The van der Waals surface area contributed by atoms with Gasteiger partial charge in [0.2, 0.25) is 0 Å². The first-order chi connectivity index (χ1) is 12.1. The zero-order valence-electron chi connectivity index (χ0n) is 14.5. The van der Waals surface area contributed by atoms with Crippen molar-refractivity contribution in [3.8, 4) is 0 Å². The van der Waals surface area contributed by atoms with Gasteiger partial charge in [-0.15, -0.1) is 0 Å². The molecular weight excluding hydrogens is 336 g/mol. The number of rotatable bonds is 6. The number of amides is 1. The fraction of sp³-hybridized carbons (Fsp3) is 0.263. The molecule has 2 rings (SSSR count). The van der Waals surface area contributed by atoms with Gasteiger partial charge < -0.3 is 15.5 Å². The molecule has 0 aliphatic rings. The van der Waals surface area contributed by atoms with Crippen molar-refractivity contribution in [3.63, 3.8) is 0 Å². The number of aliphatic imine (C=N–C) groups is 1. The molecule has 6 heteroatoms. The highest BCUT2D eigenvalue weighted by Gasteiger charge is 2.09. The maximum absolute atomic E-state index is 12.1. The van der Waals surface area contributed by atoms with E-state index in [9.17, 15) is 4.79 Å². The average molecular weight is 359 g/mol. The molecule has 25 heavy (non-hydrogen) atoms. The molecule has 0 bridgehead atoms. The van der Waals surface area contributed by atoms with Crippen molar-refractivity contribution in [1.82, 2.24) is 15.5 Å². The lowest BCUT2D eigenvalue weighted by Crippen LogP contribution is -2.42. The summed E-state index contributed by atoms with van der Waals surface area (Å²) in [6.45, 7) is 1.80. The van der Waals surface area contributed by atoms with E-state index < -0.39 is 0 Å². The summed E-state index contributed by atoms with van der Waals surface area (Å²) < 4.78 is 0. The molecule has 0 heterocycles. The van der Waals surface area contributed by atoms with Crippen LogP contribution in [0.5, 0.6) is 0 Å². The van der Waals surface area contributed by atoms with Gasteiger partial charge in [-0.25, -0.2) is 0 Å². The summed E-state index contributed by atoms with van der Waals surface area (Å²) in [6.07, 6.45) is 0. The Labute approximate surface area is 153 Å². The van der Waals surface area contributed by atoms with Crippen LogP contribution in [0.3, 0.4) is 0 Å². The molecule has 1 amide bonds. The van der Waals surface area contributed by atoms with E-state index in [4.69, 9.17) is 11.6 Å². The Morgan fingerprint density at radius 3 is 2.36 bits per heavy atom. The fourth-order valence-corrected chi connectivity index (χ4v) is 2.63. The summed E-state index contributed by atoms with van der Waals surface area (Å²) in [5.74, 6) is 0.593. The minimum atomic E-state index is -0.181. The molecule has 0 aliphatic carbocycles. The summed E-state index contributed by atoms with van der Waals surface area (Å²) in [4.78, 5) is 18.4. The standard InChI is InChI=1S/C19H23ClN4O/c1-21-19(24(2)14-15-8-4-3-5-9-15)23-13-12-22-18(25)16-10-6-7-11-17(16)20/h3-11H,12-14H2,1-2H3,(H,21,23)(H,22,25). The van der Waals surface area contributed by atoms with E-state index in [0.29, 0.717) is 23.7 Å². The van der Waals surface area contributed by atoms with E-state index in [1.165, 1.54) is 5.56 Å². The van der Waals surface area contributed by atoms with Gasteiger partial charge in [-0.1, -0.05) is 54.1 Å². The van der Waals surface area contributed by atoms with Crippen LogP contribution >= 0.6 is 11.6 Å². The third-order valence-corrected chi connectivity index (χ3v) is 3.98. The van der Waals surface area contributed by atoms with Crippen LogP contribution in [0.2, 0.25) is 5.02 Å². The summed E-state index contributed by atoms with van der Waals surface area (Å²) in [5, 5.41) is 6.54. The number of benzene rings is 2. The van der Waals surface area contributed by atoms with E-state index in [1.807, 2.05) is 30.1 Å². The van der Waals surface area contributed by atoms with Crippen LogP contribution in [-0.4, -0.2) is 44.0 Å². The Balaban J connectivity index is 1.77. The van der Waals surface area contributed by atoms with Crippen LogP contribution in [0.4, 0.5) is 0 Å². The van der Waals surface area contributed by atoms with Crippen LogP contribution in [0.1, 0.15) is 15.9 Å². The number of guanidine groups is 1. The predicted molar refractivity (Wildman–Crippen MR) is 103 cm³/mol. The molecule has 0 saturated heterocycles. The first kappa shape index (κ1) is 18.8. The molecule has 132 valence electrons. The van der Waals surface area contributed by atoms with Gasteiger partial charge in [0.15, 0.2) is 5.96 Å². The highest BCUT2D eigenvalue weighted by molar-refractivity contribution is 6.33. The monoisotopic (exact) mass is 358 g/mol. The van der Waals surface area contributed by atoms with Gasteiger partial charge in [-0.2, -0.15) is 0 Å².